The van der Waals surface area contributed by atoms with E-state index in [0.29, 0.717) is 12.4 Å². The number of para-hydroxylation sites is 1. The van der Waals surface area contributed by atoms with Gasteiger partial charge in [0, 0.05) is 5.69 Å². The normalized spacial score (nSPS) is 22.7. The lowest BCUT2D eigenvalue weighted by Gasteiger charge is -2.11. The largest absolute Gasteiger partial charge is 0.325 e. The van der Waals surface area contributed by atoms with Crippen LogP contribution in [0.1, 0.15) is 6.42 Å². The van der Waals surface area contributed by atoms with Gasteiger partial charge in [-0.15, -0.1) is 0 Å². The molecule has 1 aromatic rings. The Labute approximate surface area is 106 Å². The van der Waals surface area contributed by atoms with Gasteiger partial charge in [0.1, 0.15) is 0 Å². The smallest absolute Gasteiger partial charge is 0.210 e. The predicted molar refractivity (Wildman–Crippen MR) is 71.9 cm³/mol. The number of anilines is 1. The van der Waals surface area contributed by atoms with E-state index in [1.807, 2.05) is 30.3 Å². The summed E-state index contributed by atoms with van der Waals surface area (Å²) in [5, 5.41) is 3.00. The Morgan fingerprint density at radius 3 is 2.61 bits per heavy atom. The van der Waals surface area contributed by atoms with Crippen LogP contribution in [0.15, 0.2) is 35.3 Å². The summed E-state index contributed by atoms with van der Waals surface area (Å²) >= 11 is 0. The van der Waals surface area contributed by atoms with Crippen molar-refractivity contribution in [1.82, 2.24) is 5.43 Å². The number of nitrogens with zero attached hydrogens (tertiary/aromatic N) is 1. The molecule has 0 spiro atoms. The van der Waals surface area contributed by atoms with Crippen LogP contribution in [0.3, 0.4) is 0 Å². The number of sulfone groups is 1. The summed E-state index contributed by atoms with van der Waals surface area (Å²) in [7, 11) is -2.93. The maximum atomic E-state index is 11.3. The van der Waals surface area contributed by atoms with Gasteiger partial charge in [0.05, 0.1) is 17.5 Å². The Morgan fingerprint density at radius 1 is 1.33 bits per heavy atom. The fraction of sp³-hybridized carbons (Fsp3) is 0.364. The summed E-state index contributed by atoms with van der Waals surface area (Å²) in [4.78, 5) is 4.28. The lowest BCUT2D eigenvalue weighted by molar-refractivity contribution is 0.601. The molecule has 7 heteroatoms. The van der Waals surface area contributed by atoms with Gasteiger partial charge in [-0.25, -0.2) is 19.3 Å². The number of nitrogens with two attached hydrogens (primary N) is 1. The molecule has 0 saturated carbocycles. The highest BCUT2D eigenvalue weighted by Crippen LogP contribution is 2.15. The standard InChI is InChI=1S/C11H16N4O2S/c12-15-11(13-9-4-2-1-3-5-9)14-10-6-7-18(16,17)8-10/h1-5,10H,6-8,12H2,(H2,13,14,15). The molecule has 1 atom stereocenters. The van der Waals surface area contributed by atoms with Gasteiger partial charge in [0.15, 0.2) is 9.84 Å². The zero-order valence-electron chi connectivity index (χ0n) is 9.83. The summed E-state index contributed by atoms with van der Waals surface area (Å²) in [5.41, 5.74) is 3.29. The second-order valence-electron chi connectivity index (χ2n) is 4.17. The summed E-state index contributed by atoms with van der Waals surface area (Å²) < 4.78 is 22.7. The van der Waals surface area contributed by atoms with Crippen molar-refractivity contribution in [1.29, 1.82) is 0 Å². The third-order valence-corrected chi connectivity index (χ3v) is 4.44. The van der Waals surface area contributed by atoms with Crippen molar-refractivity contribution in [2.75, 3.05) is 16.8 Å². The van der Waals surface area contributed by atoms with E-state index in [2.05, 4.69) is 15.7 Å². The highest BCUT2D eigenvalue weighted by atomic mass is 32.2. The molecule has 2 rings (SSSR count). The van der Waals surface area contributed by atoms with E-state index >= 15 is 0 Å². The number of aliphatic imine (C=N–C) groups is 1. The second-order valence-corrected chi connectivity index (χ2v) is 6.40. The van der Waals surface area contributed by atoms with Crippen LogP contribution in [0.5, 0.6) is 0 Å². The van der Waals surface area contributed by atoms with Crippen molar-refractivity contribution in [3.8, 4) is 0 Å². The van der Waals surface area contributed by atoms with Crippen LogP contribution in [0.25, 0.3) is 0 Å². The van der Waals surface area contributed by atoms with E-state index in [1.54, 1.807) is 0 Å². The molecular formula is C11H16N4O2S. The molecule has 98 valence electrons. The topological polar surface area (TPSA) is 96.6 Å². The molecule has 0 radical (unpaired) electrons. The first-order valence-electron chi connectivity index (χ1n) is 5.66. The summed E-state index contributed by atoms with van der Waals surface area (Å²) in [5.74, 6) is 6.04. The molecular weight excluding hydrogens is 252 g/mol. The molecule has 0 amide bonds. The van der Waals surface area contributed by atoms with Crippen LogP contribution in [0.4, 0.5) is 5.69 Å². The summed E-state index contributed by atoms with van der Waals surface area (Å²) in [6.07, 6.45) is 0.546. The fourth-order valence-corrected chi connectivity index (χ4v) is 3.45. The van der Waals surface area contributed by atoms with Crippen molar-refractivity contribution in [2.24, 2.45) is 10.8 Å². The van der Waals surface area contributed by atoms with Gasteiger partial charge in [-0.1, -0.05) is 18.2 Å². The molecule has 1 fully saturated rings. The fourth-order valence-electron chi connectivity index (χ4n) is 1.82. The van der Waals surface area contributed by atoms with Crippen LogP contribution >= 0.6 is 0 Å². The summed E-state index contributed by atoms with van der Waals surface area (Å²) in [6.45, 7) is 0. The summed E-state index contributed by atoms with van der Waals surface area (Å²) in [6, 6.07) is 9.20. The van der Waals surface area contributed by atoms with Crippen molar-refractivity contribution in [2.45, 2.75) is 12.5 Å². The first-order valence-corrected chi connectivity index (χ1v) is 7.48. The number of guanidine groups is 1. The van der Waals surface area contributed by atoms with Crippen LogP contribution in [-0.4, -0.2) is 31.9 Å². The Kier molecular flexibility index (Phi) is 3.83. The van der Waals surface area contributed by atoms with Crippen molar-refractivity contribution >= 4 is 21.5 Å². The van der Waals surface area contributed by atoms with E-state index in [0.717, 1.165) is 5.69 Å². The minimum absolute atomic E-state index is 0.0919. The number of hydrogen-bond donors (Lipinski definition) is 3. The van der Waals surface area contributed by atoms with Crippen molar-refractivity contribution < 1.29 is 8.42 Å². The Balaban J connectivity index is 2.05. The van der Waals surface area contributed by atoms with Crippen LogP contribution in [-0.2, 0) is 9.84 Å². The molecule has 1 saturated heterocycles. The van der Waals surface area contributed by atoms with Gasteiger partial charge in [-0.05, 0) is 18.6 Å². The number of hydrogen-bond acceptors (Lipinski definition) is 4. The van der Waals surface area contributed by atoms with Gasteiger partial charge in [-0.3, -0.25) is 5.43 Å². The van der Waals surface area contributed by atoms with Gasteiger partial charge in [0.2, 0.25) is 5.96 Å². The van der Waals surface area contributed by atoms with E-state index in [1.165, 1.54) is 0 Å². The Morgan fingerprint density at radius 2 is 2.06 bits per heavy atom. The second kappa shape index (κ2) is 5.36. The first-order chi connectivity index (χ1) is 8.59. The molecule has 1 aromatic carbocycles. The van der Waals surface area contributed by atoms with E-state index < -0.39 is 9.84 Å². The highest BCUT2D eigenvalue weighted by Gasteiger charge is 2.27. The highest BCUT2D eigenvalue weighted by molar-refractivity contribution is 7.91. The molecule has 18 heavy (non-hydrogen) atoms. The van der Waals surface area contributed by atoms with Crippen molar-refractivity contribution in [3.63, 3.8) is 0 Å². The molecule has 4 N–H and O–H groups in total. The van der Waals surface area contributed by atoms with Gasteiger partial charge < -0.3 is 5.32 Å². The molecule has 1 aliphatic heterocycles. The van der Waals surface area contributed by atoms with Gasteiger partial charge in [0.25, 0.3) is 0 Å². The maximum absolute atomic E-state index is 11.3. The molecule has 0 bridgehead atoms. The molecule has 1 heterocycles. The van der Waals surface area contributed by atoms with E-state index in [9.17, 15) is 8.42 Å². The van der Waals surface area contributed by atoms with Crippen molar-refractivity contribution in [3.05, 3.63) is 30.3 Å². The van der Waals surface area contributed by atoms with Crippen LogP contribution in [0.2, 0.25) is 0 Å². The average molecular weight is 268 g/mol. The predicted octanol–water partition coefficient (Wildman–Crippen LogP) is 0.105. The SMILES string of the molecule is NNC(=NC1CCS(=O)(=O)C1)Nc1ccccc1. The lowest BCUT2D eigenvalue weighted by atomic mass is 10.3. The zero-order chi connectivity index (χ0) is 13.0. The number of benzene rings is 1. The molecule has 0 aliphatic carbocycles. The molecule has 6 nitrogen and oxygen atoms in total. The number of hydrazine groups is 1. The third kappa shape index (κ3) is 3.44. The number of nitrogens with one attached hydrogen (secondary N) is 2. The van der Waals surface area contributed by atoms with E-state index in [4.69, 9.17) is 5.84 Å². The Hall–Kier alpha value is -1.60. The van der Waals surface area contributed by atoms with Gasteiger partial charge in [-0.2, -0.15) is 0 Å². The Bertz CT molecular complexity index is 527. The van der Waals surface area contributed by atoms with Gasteiger partial charge >= 0.3 is 0 Å². The first kappa shape index (κ1) is 12.8. The maximum Gasteiger partial charge on any atom is 0.210 e. The average Bonchev–Trinajstić information content (AvgIpc) is 2.69. The molecule has 1 unspecified atom stereocenters. The molecule has 0 aromatic heterocycles. The minimum Gasteiger partial charge on any atom is -0.325 e. The lowest BCUT2D eigenvalue weighted by Crippen LogP contribution is -2.37. The van der Waals surface area contributed by atoms with Crippen LogP contribution in [0, 0.1) is 0 Å². The van der Waals surface area contributed by atoms with E-state index in [-0.39, 0.29) is 17.5 Å². The van der Waals surface area contributed by atoms with Crippen LogP contribution < -0.4 is 16.6 Å². The molecule has 1 aliphatic rings. The quantitative estimate of drug-likeness (QED) is 0.306. The number of rotatable bonds is 2. The minimum atomic E-state index is -2.93. The zero-order valence-corrected chi connectivity index (χ0v) is 10.7. The third-order valence-electron chi connectivity index (χ3n) is 2.69. The monoisotopic (exact) mass is 268 g/mol.